The summed E-state index contributed by atoms with van der Waals surface area (Å²) in [6.07, 6.45) is 1.46. The molecule has 0 unspecified atom stereocenters. The van der Waals surface area contributed by atoms with Crippen molar-refractivity contribution in [2.45, 2.75) is 18.7 Å². The first-order valence-corrected chi connectivity index (χ1v) is 9.89. The van der Waals surface area contributed by atoms with Crippen molar-refractivity contribution < 1.29 is 13.2 Å². The Bertz CT molecular complexity index is 909. The lowest BCUT2D eigenvalue weighted by Crippen LogP contribution is -2.30. The van der Waals surface area contributed by atoms with Crippen LogP contribution < -0.4 is 5.43 Å². The van der Waals surface area contributed by atoms with E-state index in [0.717, 1.165) is 5.56 Å². The number of nitrogens with zero attached hydrogens (tertiary/aromatic N) is 2. The second-order valence-electron chi connectivity index (χ2n) is 5.37. The average Bonchev–Trinajstić information content (AvgIpc) is 2.62. The first-order valence-electron chi connectivity index (χ1n) is 8.07. The molecule has 138 valence electrons. The fourth-order valence-corrected chi connectivity index (χ4v) is 4.03. The molecule has 2 aromatic carbocycles. The fraction of sp³-hybridized carbons (Fsp3) is 0.222. The monoisotopic (exact) mass is 393 g/mol. The van der Waals surface area contributed by atoms with Crippen molar-refractivity contribution in [3.63, 3.8) is 0 Å². The van der Waals surface area contributed by atoms with E-state index in [-0.39, 0.29) is 10.5 Å². The number of hydrogen-bond donors (Lipinski definition) is 1. The molecular formula is C18H20ClN3O3S. The minimum absolute atomic E-state index is 0.0765. The molecule has 0 fully saturated rings. The lowest BCUT2D eigenvalue weighted by atomic mass is 10.2. The van der Waals surface area contributed by atoms with Crippen LogP contribution in [0.1, 0.15) is 29.8 Å². The summed E-state index contributed by atoms with van der Waals surface area (Å²) in [5, 5.41) is 4.44. The number of rotatable bonds is 7. The van der Waals surface area contributed by atoms with E-state index in [1.165, 1.54) is 34.8 Å². The number of benzene rings is 2. The van der Waals surface area contributed by atoms with Gasteiger partial charge < -0.3 is 0 Å². The van der Waals surface area contributed by atoms with E-state index < -0.39 is 15.9 Å². The molecule has 0 radical (unpaired) electrons. The normalized spacial score (nSPS) is 11.8. The number of amides is 1. The molecule has 0 aliphatic carbocycles. The number of halogens is 1. The molecule has 1 amide bonds. The van der Waals surface area contributed by atoms with Gasteiger partial charge in [-0.25, -0.2) is 13.8 Å². The zero-order valence-corrected chi connectivity index (χ0v) is 16.1. The molecule has 2 aromatic rings. The molecule has 0 aromatic heterocycles. The Balaban J connectivity index is 2.15. The van der Waals surface area contributed by atoms with Gasteiger partial charge in [0.25, 0.3) is 5.91 Å². The zero-order valence-electron chi connectivity index (χ0n) is 14.5. The van der Waals surface area contributed by atoms with Crippen molar-refractivity contribution in [3.05, 3.63) is 64.7 Å². The Hall–Kier alpha value is -2.22. The van der Waals surface area contributed by atoms with Crippen molar-refractivity contribution >= 4 is 33.7 Å². The maximum atomic E-state index is 12.6. The Labute approximate surface area is 158 Å². The first kappa shape index (κ1) is 20.1. The summed E-state index contributed by atoms with van der Waals surface area (Å²) in [4.78, 5) is 12.3. The zero-order chi connectivity index (χ0) is 19.2. The van der Waals surface area contributed by atoms with Crippen LogP contribution in [-0.4, -0.2) is 37.9 Å². The number of sulfonamides is 1. The molecule has 2 rings (SSSR count). The maximum Gasteiger partial charge on any atom is 0.271 e. The number of nitrogens with one attached hydrogen (secondary N) is 1. The van der Waals surface area contributed by atoms with Crippen LogP contribution >= 0.6 is 11.6 Å². The van der Waals surface area contributed by atoms with Crippen LogP contribution in [0.5, 0.6) is 0 Å². The molecule has 0 bridgehead atoms. The Morgan fingerprint density at radius 2 is 1.85 bits per heavy atom. The predicted octanol–water partition coefficient (Wildman–Crippen LogP) is 3.13. The minimum Gasteiger partial charge on any atom is -0.267 e. The van der Waals surface area contributed by atoms with Crippen molar-refractivity contribution in [2.75, 3.05) is 13.1 Å². The molecule has 0 saturated heterocycles. The van der Waals surface area contributed by atoms with Gasteiger partial charge in [-0.1, -0.05) is 43.6 Å². The van der Waals surface area contributed by atoms with Crippen LogP contribution in [-0.2, 0) is 10.0 Å². The van der Waals surface area contributed by atoms with Crippen molar-refractivity contribution in [1.82, 2.24) is 9.73 Å². The van der Waals surface area contributed by atoms with Crippen LogP contribution in [0.25, 0.3) is 0 Å². The van der Waals surface area contributed by atoms with E-state index in [4.69, 9.17) is 11.6 Å². The number of carbonyl (C=O) groups is 1. The Kier molecular flexibility index (Phi) is 6.90. The summed E-state index contributed by atoms with van der Waals surface area (Å²) in [6, 6.07) is 12.9. The molecule has 0 heterocycles. The van der Waals surface area contributed by atoms with Crippen LogP contribution in [0, 0.1) is 0 Å². The highest BCUT2D eigenvalue weighted by atomic mass is 35.5. The second kappa shape index (κ2) is 8.93. The van der Waals surface area contributed by atoms with Gasteiger partial charge in [-0.2, -0.15) is 9.41 Å². The molecule has 0 aliphatic heterocycles. The van der Waals surface area contributed by atoms with E-state index in [9.17, 15) is 13.2 Å². The molecule has 0 aliphatic rings. The highest BCUT2D eigenvalue weighted by Crippen LogP contribution is 2.17. The van der Waals surface area contributed by atoms with Gasteiger partial charge in [0.05, 0.1) is 11.1 Å². The third-order valence-corrected chi connectivity index (χ3v) is 5.95. The van der Waals surface area contributed by atoms with Gasteiger partial charge in [0, 0.05) is 23.7 Å². The van der Waals surface area contributed by atoms with Gasteiger partial charge in [0.2, 0.25) is 10.0 Å². The smallest absolute Gasteiger partial charge is 0.267 e. The van der Waals surface area contributed by atoms with E-state index in [1.807, 2.05) is 0 Å². The molecule has 0 atom stereocenters. The third kappa shape index (κ3) is 4.91. The second-order valence-corrected chi connectivity index (χ2v) is 7.75. The fourth-order valence-electron chi connectivity index (χ4n) is 2.33. The first-order chi connectivity index (χ1) is 12.4. The Morgan fingerprint density at radius 1 is 1.15 bits per heavy atom. The van der Waals surface area contributed by atoms with E-state index in [2.05, 4.69) is 10.5 Å². The van der Waals surface area contributed by atoms with Crippen LogP contribution in [0.4, 0.5) is 0 Å². The summed E-state index contributed by atoms with van der Waals surface area (Å²) in [6.45, 7) is 4.25. The van der Waals surface area contributed by atoms with Gasteiger partial charge in [-0.15, -0.1) is 0 Å². The topological polar surface area (TPSA) is 78.8 Å². The third-order valence-electron chi connectivity index (χ3n) is 3.67. The lowest BCUT2D eigenvalue weighted by Gasteiger charge is -2.18. The average molecular weight is 394 g/mol. The van der Waals surface area contributed by atoms with Crippen LogP contribution in [0.3, 0.4) is 0 Å². The predicted molar refractivity (Wildman–Crippen MR) is 103 cm³/mol. The molecule has 26 heavy (non-hydrogen) atoms. The Morgan fingerprint density at radius 3 is 2.50 bits per heavy atom. The summed E-state index contributed by atoms with van der Waals surface area (Å²) in [7, 11) is -3.63. The number of hydrogen-bond acceptors (Lipinski definition) is 4. The van der Waals surface area contributed by atoms with Crippen molar-refractivity contribution in [2.24, 2.45) is 5.10 Å². The standard InChI is InChI=1S/C18H20ClN3O3S/c1-3-22(4-2)26(24,25)17-10-6-8-15(12-17)18(23)21-20-13-14-7-5-9-16(19)11-14/h5-13H,3-4H2,1-2H3,(H,21,23). The molecule has 6 nitrogen and oxygen atoms in total. The van der Waals surface area contributed by atoms with Gasteiger partial charge >= 0.3 is 0 Å². The molecule has 8 heteroatoms. The van der Waals surface area contributed by atoms with Crippen molar-refractivity contribution in [1.29, 1.82) is 0 Å². The summed E-state index contributed by atoms with van der Waals surface area (Å²) < 4.78 is 26.4. The molecular weight excluding hydrogens is 374 g/mol. The minimum atomic E-state index is -3.63. The number of carbonyl (C=O) groups excluding carboxylic acids is 1. The lowest BCUT2D eigenvalue weighted by molar-refractivity contribution is 0.0955. The summed E-state index contributed by atoms with van der Waals surface area (Å²) in [5.74, 6) is -0.500. The largest absolute Gasteiger partial charge is 0.271 e. The maximum absolute atomic E-state index is 12.6. The number of hydrazone groups is 1. The van der Waals surface area contributed by atoms with E-state index in [1.54, 1.807) is 38.1 Å². The van der Waals surface area contributed by atoms with E-state index in [0.29, 0.717) is 18.1 Å². The molecule has 1 N–H and O–H groups in total. The van der Waals surface area contributed by atoms with Gasteiger partial charge in [-0.3, -0.25) is 4.79 Å². The molecule has 0 spiro atoms. The summed E-state index contributed by atoms with van der Waals surface area (Å²) in [5.41, 5.74) is 3.32. The van der Waals surface area contributed by atoms with Gasteiger partial charge in [-0.05, 0) is 35.9 Å². The van der Waals surface area contributed by atoms with Crippen LogP contribution in [0.2, 0.25) is 5.02 Å². The highest BCUT2D eigenvalue weighted by molar-refractivity contribution is 7.89. The molecule has 0 saturated carbocycles. The van der Waals surface area contributed by atoms with Gasteiger partial charge in [0.15, 0.2) is 0 Å². The SMILES string of the molecule is CCN(CC)S(=O)(=O)c1cccc(C(=O)NN=Cc2cccc(Cl)c2)c1. The van der Waals surface area contributed by atoms with Gasteiger partial charge in [0.1, 0.15) is 0 Å². The summed E-state index contributed by atoms with van der Waals surface area (Å²) >= 11 is 5.88. The highest BCUT2D eigenvalue weighted by Gasteiger charge is 2.22. The van der Waals surface area contributed by atoms with Crippen molar-refractivity contribution in [3.8, 4) is 0 Å². The quantitative estimate of drug-likeness (QED) is 0.579. The van der Waals surface area contributed by atoms with E-state index >= 15 is 0 Å². The van der Waals surface area contributed by atoms with Crippen LogP contribution in [0.15, 0.2) is 58.5 Å².